The van der Waals surface area contributed by atoms with Crippen molar-refractivity contribution in [2.45, 2.75) is 18.9 Å². The van der Waals surface area contributed by atoms with Crippen molar-refractivity contribution in [1.29, 1.82) is 5.26 Å². The van der Waals surface area contributed by atoms with Crippen LogP contribution in [-0.4, -0.2) is 52.6 Å². The van der Waals surface area contributed by atoms with Gasteiger partial charge in [-0.1, -0.05) is 0 Å². The summed E-state index contributed by atoms with van der Waals surface area (Å²) in [6, 6.07) is 4.67. The Kier molecular flexibility index (Phi) is 3.52. The highest BCUT2D eigenvalue weighted by Crippen LogP contribution is 2.25. The molecule has 0 saturated carbocycles. The molecule has 0 radical (unpaired) electrons. The average Bonchev–Trinajstić information content (AvgIpc) is 3.12. The fraction of sp³-hybridized carbons (Fsp3) is 0.500. The summed E-state index contributed by atoms with van der Waals surface area (Å²) in [5.74, 6) is 0.975. The fourth-order valence-electron chi connectivity index (χ4n) is 2.85. The number of likely N-dealkylation sites (N-methyl/N-ethyl adjacent to an activating group) is 1. The van der Waals surface area contributed by atoms with Crippen LogP contribution in [0.4, 0.5) is 5.82 Å². The first kappa shape index (κ1) is 12.9. The number of fused-ring (bicyclic) bond motifs is 1. The zero-order valence-corrected chi connectivity index (χ0v) is 11.6. The van der Waals surface area contributed by atoms with Crippen molar-refractivity contribution in [1.82, 2.24) is 19.9 Å². The molecule has 6 nitrogen and oxygen atoms in total. The molecule has 0 spiro atoms. The highest BCUT2D eigenvalue weighted by Gasteiger charge is 2.27. The molecule has 0 aliphatic carbocycles. The topological polar surface area (TPSA) is 71.8 Å². The molecule has 0 unspecified atom stereocenters. The van der Waals surface area contributed by atoms with Gasteiger partial charge in [0.05, 0.1) is 11.5 Å². The van der Waals surface area contributed by atoms with Gasteiger partial charge in [0.1, 0.15) is 17.8 Å². The summed E-state index contributed by atoms with van der Waals surface area (Å²) < 4.78 is 0. The molecule has 104 valence electrons. The van der Waals surface area contributed by atoms with Crippen molar-refractivity contribution in [2.75, 3.05) is 31.6 Å². The molecule has 1 fully saturated rings. The summed E-state index contributed by atoms with van der Waals surface area (Å²) >= 11 is 0. The molecule has 2 aromatic rings. The number of likely N-dealkylation sites (tertiary alicyclic amines) is 1. The van der Waals surface area contributed by atoms with Gasteiger partial charge in [-0.3, -0.25) is 0 Å². The maximum atomic E-state index is 8.67. The van der Waals surface area contributed by atoms with Crippen LogP contribution in [0, 0.1) is 11.3 Å². The molecule has 1 aliphatic rings. The molecule has 0 aromatic carbocycles. The van der Waals surface area contributed by atoms with E-state index in [2.05, 4.69) is 37.9 Å². The van der Waals surface area contributed by atoms with Crippen LogP contribution in [0.25, 0.3) is 11.0 Å². The predicted octanol–water partition coefficient (Wildman–Crippen LogP) is 1.38. The number of H-pyrrole nitrogens is 1. The zero-order valence-electron chi connectivity index (χ0n) is 11.6. The Bertz CT molecular complexity index is 628. The van der Waals surface area contributed by atoms with E-state index < -0.39 is 0 Å². The Balaban J connectivity index is 1.75. The van der Waals surface area contributed by atoms with Gasteiger partial charge >= 0.3 is 0 Å². The van der Waals surface area contributed by atoms with Crippen LogP contribution >= 0.6 is 0 Å². The molecule has 1 N–H and O–H groups in total. The third-order valence-corrected chi connectivity index (χ3v) is 4.00. The highest BCUT2D eigenvalue weighted by atomic mass is 15.3. The number of hydrogen-bond donors (Lipinski definition) is 1. The summed E-state index contributed by atoms with van der Waals surface area (Å²) in [4.78, 5) is 16.4. The van der Waals surface area contributed by atoms with Crippen molar-refractivity contribution in [2.24, 2.45) is 0 Å². The van der Waals surface area contributed by atoms with E-state index in [-0.39, 0.29) is 0 Å². The van der Waals surface area contributed by atoms with Crippen LogP contribution < -0.4 is 4.90 Å². The Morgan fingerprint density at radius 2 is 2.45 bits per heavy atom. The Morgan fingerprint density at radius 1 is 1.55 bits per heavy atom. The monoisotopic (exact) mass is 270 g/mol. The largest absolute Gasteiger partial charge is 0.355 e. The molecule has 6 heteroatoms. The first-order valence-electron chi connectivity index (χ1n) is 6.90. The Morgan fingerprint density at radius 3 is 3.30 bits per heavy atom. The van der Waals surface area contributed by atoms with Gasteiger partial charge < -0.3 is 14.8 Å². The Hall–Kier alpha value is -2.13. The average molecular weight is 270 g/mol. The number of rotatable bonds is 4. The maximum absolute atomic E-state index is 8.67. The molecule has 1 aliphatic heterocycles. The molecule has 0 bridgehead atoms. The number of aromatic amines is 1. The van der Waals surface area contributed by atoms with E-state index in [1.807, 2.05) is 12.3 Å². The third-order valence-electron chi connectivity index (χ3n) is 4.00. The lowest BCUT2D eigenvalue weighted by molar-refractivity contribution is 0.341. The number of nitrogens with one attached hydrogen (secondary N) is 1. The van der Waals surface area contributed by atoms with Crippen LogP contribution in [0.1, 0.15) is 12.8 Å². The van der Waals surface area contributed by atoms with Crippen molar-refractivity contribution < 1.29 is 0 Å². The van der Waals surface area contributed by atoms with Gasteiger partial charge in [-0.2, -0.15) is 5.26 Å². The SMILES string of the molecule is CN(c1ncnc2[nH]ccc12)[C@@H]1CCN(CCC#N)C1. The van der Waals surface area contributed by atoms with E-state index in [1.54, 1.807) is 6.33 Å². The summed E-state index contributed by atoms with van der Waals surface area (Å²) in [6.45, 7) is 2.91. The first-order chi connectivity index (χ1) is 9.79. The van der Waals surface area contributed by atoms with E-state index >= 15 is 0 Å². The number of anilines is 1. The van der Waals surface area contributed by atoms with Gasteiger partial charge in [-0.15, -0.1) is 0 Å². The molecule has 3 heterocycles. The van der Waals surface area contributed by atoms with Gasteiger partial charge in [0.15, 0.2) is 0 Å². The van der Waals surface area contributed by atoms with Gasteiger partial charge in [-0.05, 0) is 12.5 Å². The summed E-state index contributed by atoms with van der Waals surface area (Å²) in [7, 11) is 2.09. The number of nitrogens with zero attached hydrogens (tertiary/aromatic N) is 5. The zero-order chi connectivity index (χ0) is 13.9. The normalized spacial score (nSPS) is 19.3. The second-order valence-electron chi connectivity index (χ2n) is 5.20. The molecule has 20 heavy (non-hydrogen) atoms. The van der Waals surface area contributed by atoms with E-state index in [9.17, 15) is 0 Å². The van der Waals surface area contributed by atoms with Crippen LogP contribution in [0.2, 0.25) is 0 Å². The minimum Gasteiger partial charge on any atom is -0.355 e. The first-order valence-corrected chi connectivity index (χ1v) is 6.90. The molecule has 2 aromatic heterocycles. The van der Waals surface area contributed by atoms with E-state index in [4.69, 9.17) is 5.26 Å². The quantitative estimate of drug-likeness (QED) is 0.908. The fourth-order valence-corrected chi connectivity index (χ4v) is 2.85. The lowest BCUT2D eigenvalue weighted by atomic mass is 10.2. The minimum absolute atomic E-state index is 0.446. The molecule has 0 amide bonds. The second-order valence-corrected chi connectivity index (χ2v) is 5.20. The Labute approximate surface area is 118 Å². The summed E-state index contributed by atoms with van der Waals surface area (Å²) in [5, 5.41) is 9.73. The van der Waals surface area contributed by atoms with Crippen LogP contribution in [0.15, 0.2) is 18.6 Å². The van der Waals surface area contributed by atoms with Crippen LogP contribution in [0.3, 0.4) is 0 Å². The maximum Gasteiger partial charge on any atom is 0.142 e. The van der Waals surface area contributed by atoms with Gasteiger partial charge in [0.25, 0.3) is 0 Å². The molecule has 1 atom stereocenters. The smallest absolute Gasteiger partial charge is 0.142 e. The van der Waals surface area contributed by atoms with Crippen molar-refractivity contribution in [3.63, 3.8) is 0 Å². The van der Waals surface area contributed by atoms with Crippen molar-refractivity contribution in [3.8, 4) is 6.07 Å². The lowest BCUT2D eigenvalue weighted by Crippen LogP contribution is -2.35. The molecule has 1 saturated heterocycles. The van der Waals surface area contributed by atoms with Crippen LogP contribution in [0.5, 0.6) is 0 Å². The van der Waals surface area contributed by atoms with Gasteiger partial charge in [-0.25, -0.2) is 9.97 Å². The highest BCUT2D eigenvalue weighted by molar-refractivity contribution is 5.87. The van der Waals surface area contributed by atoms with Crippen LogP contribution in [-0.2, 0) is 0 Å². The third kappa shape index (κ3) is 2.32. The second kappa shape index (κ2) is 5.47. The van der Waals surface area contributed by atoms with Gasteiger partial charge in [0.2, 0.25) is 0 Å². The van der Waals surface area contributed by atoms with Gasteiger partial charge in [0, 0.05) is 45.3 Å². The minimum atomic E-state index is 0.446. The standard InChI is InChI=1S/C14H18N6/c1-19(11-4-8-20(9-11)7-2-5-15)14-12-3-6-16-13(12)17-10-18-14/h3,6,10-11H,2,4,7-9H2,1H3,(H,16,17,18)/t11-/m1/s1. The van der Waals surface area contributed by atoms with E-state index in [1.165, 1.54) is 0 Å². The molecular formula is C14H18N6. The summed E-state index contributed by atoms with van der Waals surface area (Å²) in [5.41, 5.74) is 0.876. The molecular weight excluding hydrogens is 252 g/mol. The lowest BCUT2D eigenvalue weighted by Gasteiger charge is -2.26. The summed E-state index contributed by atoms with van der Waals surface area (Å²) in [6.07, 6.45) is 5.21. The van der Waals surface area contributed by atoms with E-state index in [0.717, 1.165) is 42.9 Å². The number of nitriles is 1. The number of hydrogen-bond acceptors (Lipinski definition) is 5. The number of aromatic nitrogens is 3. The molecule has 3 rings (SSSR count). The van der Waals surface area contributed by atoms with Crippen molar-refractivity contribution >= 4 is 16.9 Å². The van der Waals surface area contributed by atoms with E-state index in [0.29, 0.717) is 12.5 Å². The predicted molar refractivity (Wildman–Crippen MR) is 77.4 cm³/mol. The van der Waals surface area contributed by atoms with Crippen molar-refractivity contribution in [3.05, 3.63) is 18.6 Å².